The molecule has 0 bridgehead atoms. The van der Waals surface area contributed by atoms with E-state index < -0.39 is 115 Å². The zero-order chi connectivity index (χ0) is 48.4. The number of allylic oxidation sites excluding steroid dienone is 2. The number of aliphatic carboxylic acids is 1. The van der Waals surface area contributed by atoms with Gasteiger partial charge in [-0.05, 0) is 104 Å². The molecule has 0 radical (unpaired) electrons. The van der Waals surface area contributed by atoms with Crippen molar-refractivity contribution in [3.63, 3.8) is 0 Å². The first-order chi connectivity index (χ1) is 30.9. The van der Waals surface area contributed by atoms with E-state index in [0.717, 1.165) is 44.1 Å². The predicted octanol–water partition coefficient (Wildman–Crippen LogP) is 2.68. The lowest BCUT2D eigenvalue weighted by atomic mass is 9.43. The smallest absolute Gasteiger partial charge is 0.314 e. The number of rotatable bonds is 14. The van der Waals surface area contributed by atoms with Crippen LogP contribution in [-0.2, 0) is 38.0 Å². The van der Waals surface area contributed by atoms with Gasteiger partial charge >= 0.3 is 5.97 Å². The van der Waals surface area contributed by atoms with Gasteiger partial charge in [0.2, 0.25) is 5.91 Å². The zero-order valence-electron chi connectivity index (χ0n) is 40.1. The van der Waals surface area contributed by atoms with Gasteiger partial charge < -0.3 is 74.6 Å². The summed E-state index contributed by atoms with van der Waals surface area (Å²) in [6, 6.07) is -1.37. The molecule has 2 saturated carbocycles. The van der Waals surface area contributed by atoms with Gasteiger partial charge in [0, 0.05) is 6.92 Å². The first-order valence-electron chi connectivity index (χ1n) is 24.4. The first-order valence-corrected chi connectivity index (χ1v) is 24.4. The number of aliphatic hydroxyl groups excluding tert-OH is 7. The largest absolute Gasteiger partial charge is 0.481 e. The minimum absolute atomic E-state index is 0.0722. The number of carbonyl (C=O) groups is 2. The van der Waals surface area contributed by atoms with E-state index in [2.05, 4.69) is 60.4 Å². The van der Waals surface area contributed by atoms with Crippen LogP contribution in [0.3, 0.4) is 0 Å². The van der Waals surface area contributed by atoms with E-state index in [0.29, 0.717) is 37.5 Å². The minimum Gasteiger partial charge on any atom is -0.481 e. The molecular formula is C49H79NO16. The second-order valence-electron chi connectivity index (χ2n) is 22.2. The van der Waals surface area contributed by atoms with E-state index >= 15 is 0 Å². The summed E-state index contributed by atoms with van der Waals surface area (Å²) in [6.45, 7) is 19.6. The van der Waals surface area contributed by atoms with Crippen molar-refractivity contribution >= 4 is 11.9 Å². The van der Waals surface area contributed by atoms with Crippen LogP contribution in [0.4, 0.5) is 0 Å². The highest BCUT2D eigenvalue weighted by molar-refractivity contribution is 5.82. The van der Waals surface area contributed by atoms with Crippen molar-refractivity contribution in [1.29, 1.82) is 0 Å². The highest BCUT2D eigenvalue weighted by atomic mass is 16.8. The van der Waals surface area contributed by atoms with Crippen LogP contribution in [0.1, 0.15) is 120 Å². The maximum Gasteiger partial charge on any atom is 0.314 e. The summed E-state index contributed by atoms with van der Waals surface area (Å²) >= 11 is 0. The van der Waals surface area contributed by atoms with E-state index in [1.54, 1.807) is 0 Å². The lowest BCUT2D eigenvalue weighted by Gasteiger charge is -2.62. The van der Waals surface area contributed by atoms with E-state index in [1.807, 2.05) is 0 Å². The van der Waals surface area contributed by atoms with Gasteiger partial charge in [0.25, 0.3) is 0 Å². The standard InChI is InChI=1S/C49H79NO16/c1-23(2)24(3)10-11-25(4)27-15-19-49(45(59)60)29-12-13-33-46(6,7)34(16-17-47(33,8)28(29)14-18-48(27,49)9)64-44-41(66-42-35(50-26(5)52)38(57)37(56)32(20-51)63-42)40(31(54)22-62-44)65-43-39(58)36(55)30(53)21-61-43/h23,25,27,30-44,51,53-58H,3,10-22H2,1-2,4-9H3,(H,50,52)(H,59,60)/t25-,27-,30+,31+,32-,33+,34?,35-,36+,37-,38-,39-,40+,41-,42+,43+,44+,47-,48-,49+/m1/s1. The van der Waals surface area contributed by atoms with E-state index in [1.165, 1.54) is 18.1 Å². The average Bonchev–Trinajstić information content (AvgIpc) is 3.59. The van der Waals surface area contributed by atoms with Crippen LogP contribution >= 0.6 is 0 Å². The van der Waals surface area contributed by atoms with E-state index in [9.17, 15) is 50.4 Å². The molecule has 5 fully saturated rings. The maximum atomic E-state index is 13.9. The summed E-state index contributed by atoms with van der Waals surface area (Å²) in [6.07, 6.45) is -10.8. The Morgan fingerprint density at radius 3 is 2.11 bits per heavy atom. The number of hydrogen-bond donors (Lipinski definition) is 9. The van der Waals surface area contributed by atoms with Crippen LogP contribution in [-0.4, -0.2) is 159 Å². The number of ether oxygens (including phenoxy) is 6. The molecular weight excluding hydrogens is 859 g/mol. The molecule has 3 saturated heterocycles. The van der Waals surface area contributed by atoms with Gasteiger partial charge in [-0.2, -0.15) is 0 Å². The molecule has 3 aliphatic heterocycles. The van der Waals surface area contributed by atoms with Gasteiger partial charge in [0.1, 0.15) is 61.0 Å². The third-order valence-electron chi connectivity index (χ3n) is 18.0. The molecule has 0 aromatic rings. The molecule has 7 aliphatic rings. The van der Waals surface area contributed by atoms with Gasteiger partial charge in [-0.3, -0.25) is 9.59 Å². The minimum atomic E-state index is -1.73. The number of carboxylic acid groups (broad SMARTS) is 1. The van der Waals surface area contributed by atoms with Crippen molar-refractivity contribution in [2.45, 2.75) is 206 Å². The van der Waals surface area contributed by atoms with Crippen LogP contribution < -0.4 is 5.32 Å². The summed E-state index contributed by atoms with van der Waals surface area (Å²) in [5.74, 6) is -0.159. The number of carbonyl (C=O) groups excluding carboxylic acids is 1. The Balaban J connectivity index is 1.17. The highest BCUT2D eigenvalue weighted by Gasteiger charge is 2.68. The second-order valence-corrected chi connectivity index (χ2v) is 22.2. The molecule has 17 heteroatoms. The van der Waals surface area contributed by atoms with Crippen molar-refractivity contribution in [1.82, 2.24) is 5.32 Å². The van der Waals surface area contributed by atoms with E-state index in [4.69, 9.17) is 28.4 Å². The Hall–Kier alpha value is -2.10. The lowest BCUT2D eigenvalue weighted by molar-refractivity contribution is -0.376. The Bertz CT molecular complexity index is 1810. The average molecular weight is 938 g/mol. The van der Waals surface area contributed by atoms with Gasteiger partial charge in [-0.25, -0.2) is 0 Å². The topological polar surface area (TPSA) is 263 Å². The van der Waals surface area contributed by atoms with Crippen LogP contribution in [0.2, 0.25) is 0 Å². The molecule has 0 aromatic carbocycles. The molecule has 0 aromatic heterocycles. The normalized spacial score (nSPS) is 46.2. The molecule has 20 atom stereocenters. The summed E-state index contributed by atoms with van der Waals surface area (Å²) in [5.41, 5.74) is 1.50. The number of hydrogen-bond acceptors (Lipinski definition) is 15. The van der Waals surface area contributed by atoms with Crippen molar-refractivity contribution in [3.05, 3.63) is 23.3 Å². The van der Waals surface area contributed by atoms with Crippen molar-refractivity contribution in [2.75, 3.05) is 19.8 Å². The van der Waals surface area contributed by atoms with Gasteiger partial charge in [-0.15, -0.1) is 0 Å². The molecule has 4 aliphatic carbocycles. The number of aliphatic hydroxyl groups is 7. The molecule has 66 heavy (non-hydrogen) atoms. The Labute approximate surface area is 389 Å². The molecule has 1 unspecified atom stereocenters. The molecule has 17 nitrogen and oxygen atoms in total. The third kappa shape index (κ3) is 8.87. The van der Waals surface area contributed by atoms with Crippen LogP contribution in [0.5, 0.6) is 0 Å². The highest BCUT2D eigenvalue weighted by Crippen LogP contribution is 2.73. The summed E-state index contributed by atoms with van der Waals surface area (Å²) < 4.78 is 37.3. The summed E-state index contributed by atoms with van der Waals surface area (Å²) in [5, 5.41) is 88.9. The number of amides is 1. The van der Waals surface area contributed by atoms with Crippen molar-refractivity contribution in [2.24, 2.45) is 45.3 Å². The van der Waals surface area contributed by atoms with Crippen LogP contribution in [0.15, 0.2) is 23.3 Å². The third-order valence-corrected chi connectivity index (χ3v) is 18.0. The van der Waals surface area contributed by atoms with Crippen molar-refractivity contribution in [3.8, 4) is 0 Å². The number of nitrogens with one attached hydrogen (secondary N) is 1. The lowest BCUT2D eigenvalue weighted by Crippen LogP contribution is -2.68. The SMILES string of the molecule is C=C(CC[C@@H](C)[C@H]1CC[C@@]2(C(=O)O)C3=C(CC[C@]12C)[C@@]1(C)CCC(O[C@@H]2OC[C@H](O)[C@H](O[C@@H]4OC[C@H](O)[C@H](O)[C@H]4O)[C@H]2O[C@@H]2O[C@H](CO)[C@@H](O)[C@H](O)[C@H]2NC(C)=O)C(C)(C)[C@@H]1CC3)C(C)C. The summed E-state index contributed by atoms with van der Waals surface area (Å²) in [4.78, 5) is 26.3. The number of carboxylic acids is 1. The fraction of sp³-hybridized carbons (Fsp3) is 0.878. The Morgan fingerprint density at radius 1 is 0.788 bits per heavy atom. The maximum absolute atomic E-state index is 13.9. The molecule has 7 rings (SSSR count). The van der Waals surface area contributed by atoms with Crippen LogP contribution in [0.25, 0.3) is 0 Å². The Morgan fingerprint density at radius 2 is 1.45 bits per heavy atom. The second kappa shape index (κ2) is 19.6. The van der Waals surface area contributed by atoms with Gasteiger partial charge in [0.05, 0.1) is 31.3 Å². The predicted molar refractivity (Wildman–Crippen MR) is 237 cm³/mol. The molecule has 3 heterocycles. The van der Waals surface area contributed by atoms with Gasteiger partial charge in [0.15, 0.2) is 18.9 Å². The summed E-state index contributed by atoms with van der Waals surface area (Å²) in [7, 11) is 0. The fourth-order valence-corrected chi connectivity index (χ4v) is 14.0. The molecule has 9 N–H and O–H groups in total. The molecule has 1 amide bonds. The zero-order valence-corrected chi connectivity index (χ0v) is 40.1. The van der Waals surface area contributed by atoms with Gasteiger partial charge in [-0.1, -0.05) is 71.8 Å². The van der Waals surface area contributed by atoms with E-state index in [-0.39, 0.29) is 35.9 Å². The molecule has 0 spiro atoms. The van der Waals surface area contributed by atoms with Crippen LogP contribution in [0, 0.1) is 45.3 Å². The first kappa shape index (κ1) is 51.7. The molecule has 376 valence electrons. The monoisotopic (exact) mass is 938 g/mol. The fourth-order valence-electron chi connectivity index (χ4n) is 14.0. The quantitative estimate of drug-likeness (QED) is 0.113. The van der Waals surface area contributed by atoms with Crippen molar-refractivity contribution < 1.29 is 78.9 Å². The number of fused-ring (bicyclic) bond motifs is 4. The Kier molecular flexibility index (Phi) is 15.4.